The van der Waals surface area contributed by atoms with Crippen LogP contribution in [0.2, 0.25) is 0 Å². The Balaban J connectivity index is 1.16. The fourth-order valence-electron chi connectivity index (χ4n) is 11.5. The van der Waals surface area contributed by atoms with Crippen LogP contribution in [0.4, 0.5) is 11.4 Å². The number of nitrogens with zero attached hydrogens (tertiary/aromatic N) is 2. The maximum Gasteiger partial charge on any atom is 0.0372 e. The summed E-state index contributed by atoms with van der Waals surface area (Å²) in [5, 5.41) is 10.8. The van der Waals surface area contributed by atoms with Gasteiger partial charge in [-0.15, -0.1) is 0 Å². The highest BCUT2D eigenvalue weighted by atomic mass is 15.1. The number of benzene rings is 9. The highest BCUT2D eigenvalue weighted by molar-refractivity contribution is 6.29. The molecule has 0 radical (unpaired) electrons. The van der Waals surface area contributed by atoms with Crippen molar-refractivity contribution in [3.8, 4) is 66.8 Å². The number of anilines is 2. The molecule has 9 aromatic rings. The van der Waals surface area contributed by atoms with Gasteiger partial charge in [0.15, 0.2) is 0 Å². The third-order valence-corrected chi connectivity index (χ3v) is 14.2. The molecule has 0 bridgehead atoms. The Labute approximate surface area is 340 Å². The summed E-state index contributed by atoms with van der Waals surface area (Å²) in [6, 6.07) is 56.6. The SMILES string of the molecule is c1ccc2c(c1)-c1cccc3c(-c4c5ccc(N6CCCCC6)cc5c(-c5ccc6c7c(cccc57)-c5ccccc5-6)c5ccc(N6CCCCC6)cc45)ccc-2c13. The van der Waals surface area contributed by atoms with Gasteiger partial charge >= 0.3 is 0 Å². The molecule has 9 aromatic carbocycles. The summed E-state index contributed by atoms with van der Waals surface area (Å²) >= 11 is 0. The highest BCUT2D eigenvalue weighted by Gasteiger charge is 2.28. The van der Waals surface area contributed by atoms with E-state index in [0.717, 1.165) is 26.2 Å². The van der Waals surface area contributed by atoms with Crippen LogP contribution in [0.15, 0.2) is 146 Å². The number of hydrogen-bond donors (Lipinski definition) is 0. The zero-order chi connectivity index (χ0) is 37.9. The predicted octanol–water partition coefficient (Wildman–Crippen LogP) is 14.9. The number of hydrogen-bond acceptors (Lipinski definition) is 2. The van der Waals surface area contributed by atoms with Gasteiger partial charge in [-0.3, -0.25) is 0 Å². The van der Waals surface area contributed by atoms with Gasteiger partial charge in [0.2, 0.25) is 0 Å². The second-order valence-corrected chi connectivity index (χ2v) is 17.2. The van der Waals surface area contributed by atoms with Crippen LogP contribution in [0, 0.1) is 0 Å². The van der Waals surface area contributed by atoms with Crippen LogP contribution >= 0.6 is 0 Å². The van der Waals surface area contributed by atoms with E-state index in [0.29, 0.717) is 0 Å². The molecule has 2 aliphatic heterocycles. The summed E-state index contributed by atoms with van der Waals surface area (Å²) in [6.45, 7) is 4.48. The van der Waals surface area contributed by atoms with Crippen LogP contribution in [0.3, 0.4) is 0 Å². The van der Waals surface area contributed by atoms with Gasteiger partial charge in [-0.25, -0.2) is 0 Å². The van der Waals surface area contributed by atoms with Crippen molar-refractivity contribution < 1.29 is 0 Å². The molecule has 2 heteroatoms. The minimum absolute atomic E-state index is 1.12. The number of rotatable bonds is 4. The highest BCUT2D eigenvalue weighted by Crippen LogP contribution is 2.55. The van der Waals surface area contributed by atoms with E-state index >= 15 is 0 Å². The van der Waals surface area contributed by atoms with Crippen molar-refractivity contribution >= 4 is 54.5 Å². The second-order valence-electron chi connectivity index (χ2n) is 17.2. The molecular weight excluding hydrogens is 701 g/mol. The normalized spacial score (nSPS) is 15.5. The van der Waals surface area contributed by atoms with Crippen molar-refractivity contribution in [1.82, 2.24) is 0 Å². The van der Waals surface area contributed by atoms with Crippen LogP contribution in [-0.4, -0.2) is 26.2 Å². The molecule has 2 heterocycles. The van der Waals surface area contributed by atoms with E-state index in [9.17, 15) is 0 Å². The summed E-state index contributed by atoms with van der Waals surface area (Å²) in [5.74, 6) is 0. The van der Waals surface area contributed by atoms with E-state index in [-0.39, 0.29) is 0 Å². The number of piperidine rings is 2. The van der Waals surface area contributed by atoms with Gasteiger partial charge in [0, 0.05) is 37.6 Å². The average molecular weight is 745 g/mol. The molecule has 278 valence electrons. The Morgan fingerprint density at radius 2 is 0.621 bits per heavy atom. The van der Waals surface area contributed by atoms with E-state index < -0.39 is 0 Å². The quantitative estimate of drug-likeness (QED) is 0.166. The summed E-state index contributed by atoms with van der Waals surface area (Å²) in [7, 11) is 0. The smallest absolute Gasteiger partial charge is 0.0372 e. The van der Waals surface area contributed by atoms with Gasteiger partial charge in [0.1, 0.15) is 0 Å². The Bertz CT molecular complexity index is 2920. The minimum atomic E-state index is 1.12. The lowest BCUT2D eigenvalue weighted by Gasteiger charge is -2.31. The fourth-order valence-corrected chi connectivity index (χ4v) is 11.5. The first kappa shape index (κ1) is 32.7. The second kappa shape index (κ2) is 12.6. The summed E-state index contributed by atoms with van der Waals surface area (Å²) in [6.07, 6.45) is 7.66. The summed E-state index contributed by atoms with van der Waals surface area (Å²) in [4.78, 5) is 5.27. The van der Waals surface area contributed by atoms with E-state index in [2.05, 4.69) is 155 Å². The molecule has 4 aliphatic rings. The van der Waals surface area contributed by atoms with E-state index in [1.807, 2.05) is 0 Å². The molecular formula is C56H44N2. The molecule has 2 saturated heterocycles. The molecule has 0 amide bonds. The lowest BCUT2D eigenvalue weighted by atomic mass is 9.82. The van der Waals surface area contributed by atoms with Crippen molar-refractivity contribution in [3.05, 3.63) is 146 Å². The van der Waals surface area contributed by atoms with Crippen LogP contribution < -0.4 is 9.80 Å². The van der Waals surface area contributed by atoms with Gasteiger partial charge in [-0.2, -0.15) is 0 Å². The van der Waals surface area contributed by atoms with Crippen molar-refractivity contribution in [2.24, 2.45) is 0 Å². The third kappa shape index (κ3) is 4.60. The van der Waals surface area contributed by atoms with Gasteiger partial charge in [-0.1, -0.05) is 121 Å². The maximum atomic E-state index is 2.64. The Kier molecular flexibility index (Phi) is 7.08. The van der Waals surface area contributed by atoms with E-state index in [4.69, 9.17) is 0 Å². The first-order valence-corrected chi connectivity index (χ1v) is 21.7. The molecule has 0 aromatic heterocycles. The molecule has 2 fully saturated rings. The van der Waals surface area contributed by atoms with Crippen LogP contribution in [0.25, 0.3) is 110 Å². The van der Waals surface area contributed by atoms with Gasteiger partial charge < -0.3 is 9.80 Å². The summed E-state index contributed by atoms with van der Waals surface area (Å²) < 4.78 is 0. The van der Waals surface area contributed by atoms with E-state index in [1.165, 1.54) is 160 Å². The molecule has 2 aliphatic carbocycles. The topological polar surface area (TPSA) is 6.48 Å². The molecule has 0 unspecified atom stereocenters. The Hall–Kier alpha value is -6.38. The monoisotopic (exact) mass is 744 g/mol. The standard InChI is InChI=1S/C56H44N2/c1-7-29-57(30-8-1)35-21-23-49-51(33-35)55(47-27-25-45-39-15-5-3-13-37(39)41-17-11-19-43(47)53(41)45)50-24-22-36(58-31-9-2-10-32-58)34-52(50)56(49)48-28-26-46-40-16-6-4-14-38(40)42-18-12-20-44(48)54(42)46/h3-6,11-28,33-34H,1-2,7-10,29-32H2. The lowest BCUT2D eigenvalue weighted by Crippen LogP contribution is -2.29. The molecule has 13 rings (SSSR count). The molecule has 0 saturated carbocycles. The average Bonchev–Trinajstić information content (AvgIpc) is 3.81. The van der Waals surface area contributed by atoms with Crippen LogP contribution in [-0.2, 0) is 0 Å². The summed E-state index contributed by atoms with van der Waals surface area (Å²) in [5.41, 5.74) is 18.8. The molecule has 58 heavy (non-hydrogen) atoms. The molecule has 0 atom stereocenters. The van der Waals surface area contributed by atoms with Crippen molar-refractivity contribution in [2.45, 2.75) is 38.5 Å². The lowest BCUT2D eigenvalue weighted by molar-refractivity contribution is 0.578. The molecule has 0 spiro atoms. The first-order chi connectivity index (χ1) is 28.8. The van der Waals surface area contributed by atoms with Crippen LogP contribution in [0.5, 0.6) is 0 Å². The zero-order valence-corrected chi connectivity index (χ0v) is 32.8. The first-order valence-electron chi connectivity index (χ1n) is 21.7. The van der Waals surface area contributed by atoms with Gasteiger partial charge in [-0.05, 0) is 173 Å². The third-order valence-electron chi connectivity index (χ3n) is 14.2. The van der Waals surface area contributed by atoms with Gasteiger partial charge in [0.25, 0.3) is 0 Å². The Morgan fingerprint density at radius 1 is 0.259 bits per heavy atom. The van der Waals surface area contributed by atoms with Crippen LogP contribution in [0.1, 0.15) is 38.5 Å². The number of fused-ring (bicyclic) bond motifs is 8. The predicted molar refractivity (Wildman–Crippen MR) is 248 cm³/mol. The van der Waals surface area contributed by atoms with Crippen molar-refractivity contribution in [3.63, 3.8) is 0 Å². The van der Waals surface area contributed by atoms with Crippen molar-refractivity contribution in [1.29, 1.82) is 0 Å². The molecule has 2 nitrogen and oxygen atoms in total. The zero-order valence-electron chi connectivity index (χ0n) is 32.8. The Morgan fingerprint density at radius 3 is 1.03 bits per heavy atom. The fraction of sp³-hybridized carbons (Fsp3) is 0.179. The van der Waals surface area contributed by atoms with Gasteiger partial charge in [0.05, 0.1) is 0 Å². The van der Waals surface area contributed by atoms with Crippen molar-refractivity contribution in [2.75, 3.05) is 36.0 Å². The maximum absolute atomic E-state index is 2.64. The minimum Gasteiger partial charge on any atom is -0.372 e. The van der Waals surface area contributed by atoms with E-state index in [1.54, 1.807) is 0 Å². The largest absolute Gasteiger partial charge is 0.372 e. The molecule has 0 N–H and O–H groups in total.